The van der Waals surface area contributed by atoms with Crippen molar-refractivity contribution in [3.05, 3.63) is 90.7 Å². The second-order valence-electron chi connectivity index (χ2n) is 6.12. The van der Waals surface area contributed by atoms with Gasteiger partial charge in [-0.15, -0.1) is 0 Å². The van der Waals surface area contributed by atoms with Crippen LogP contribution in [0.1, 0.15) is 16.1 Å². The zero-order chi connectivity index (χ0) is 19.3. The summed E-state index contributed by atoms with van der Waals surface area (Å²) >= 11 is 0. The molecule has 140 valence electrons. The molecule has 0 fully saturated rings. The van der Waals surface area contributed by atoms with Gasteiger partial charge in [-0.1, -0.05) is 6.07 Å². The van der Waals surface area contributed by atoms with Crippen molar-refractivity contribution in [3.8, 4) is 5.69 Å². The lowest BCUT2D eigenvalue weighted by Gasteiger charge is -2.10. The van der Waals surface area contributed by atoms with Crippen LogP contribution >= 0.6 is 0 Å². The van der Waals surface area contributed by atoms with Crippen molar-refractivity contribution >= 4 is 11.7 Å². The molecule has 0 bridgehead atoms. The summed E-state index contributed by atoms with van der Waals surface area (Å²) < 4.78 is 17.1. The number of carbonyl (C=O) groups excluding carboxylic acids is 1. The first kappa shape index (κ1) is 17.6. The van der Waals surface area contributed by atoms with E-state index in [1.165, 1.54) is 18.2 Å². The number of hydrogen-bond acceptors (Lipinski definition) is 4. The third-order valence-corrected chi connectivity index (χ3v) is 4.19. The van der Waals surface area contributed by atoms with Crippen molar-refractivity contribution in [2.24, 2.45) is 0 Å². The van der Waals surface area contributed by atoms with Crippen molar-refractivity contribution in [3.63, 3.8) is 0 Å². The third-order valence-electron chi connectivity index (χ3n) is 4.19. The smallest absolute Gasteiger partial charge is 0.259 e. The van der Waals surface area contributed by atoms with Crippen LogP contribution in [0.25, 0.3) is 5.69 Å². The van der Waals surface area contributed by atoms with Crippen LogP contribution in [-0.4, -0.2) is 30.2 Å². The molecule has 4 rings (SSSR count). The topological polar surface area (TPSA) is 77.6 Å². The summed E-state index contributed by atoms with van der Waals surface area (Å²) in [4.78, 5) is 20.9. The first-order valence-electron chi connectivity index (χ1n) is 8.71. The first-order valence-corrected chi connectivity index (χ1v) is 8.71. The quantitative estimate of drug-likeness (QED) is 0.561. The van der Waals surface area contributed by atoms with E-state index in [2.05, 4.69) is 20.4 Å². The molecule has 1 amide bonds. The van der Waals surface area contributed by atoms with Crippen LogP contribution in [0.4, 0.5) is 10.2 Å². The Hall–Kier alpha value is -3.81. The standard InChI is InChI=1S/C20H17FN6O/c21-15-4-5-18(26-12-9-22-14-26)17(13-15)20(28)24-19-7-11-27(25-19)10-6-16-3-1-2-8-23-16/h1-5,7-9,11-14H,6,10H2,(H,24,25,28). The molecule has 0 unspecified atom stereocenters. The second kappa shape index (κ2) is 7.83. The van der Waals surface area contributed by atoms with Gasteiger partial charge in [0.1, 0.15) is 5.82 Å². The van der Waals surface area contributed by atoms with Gasteiger partial charge >= 0.3 is 0 Å². The van der Waals surface area contributed by atoms with Gasteiger partial charge in [0.05, 0.1) is 17.6 Å². The van der Waals surface area contributed by atoms with Gasteiger partial charge in [-0.3, -0.25) is 14.5 Å². The van der Waals surface area contributed by atoms with E-state index < -0.39 is 11.7 Å². The van der Waals surface area contributed by atoms with Crippen molar-refractivity contribution < 1.29 is 9.18 Å². The molecule has 0 aliphatic rings. The summed E-state index contributed by atoms with van der Waals surface area (Å²) in [6.07, 6.45) is 9.09. The van der Waals surface area contributed by atoms with E-state index in [0.29, 0.717) is 18.1 Å². The summed E-state index contributed by atoms with van der Waals surface area (Å²) in [5, 5.41) is 7.07. The molecule has 0 spiro atoms. The molecule has 0 radical (unpaired) electrons. The fourth-order valence-electron chi connectivity index (χ4n) is 2.83. The fraction of sp³-hybridized carbons (Fsp3) is 0.100. The number of imidazole rings is 1. The van der Waals surface area contributed by atoms with E-state index in [9.17, 15) is 9.18 Å². The highest BCUT2D eigenvalue weighted by Gasteiger charge is 2.15. The number of hydrogen-bond donors (Lipinski definition) is 1. The summed E-state index contributed by atoms with van der Waals surface area (Å²) in [7, 11) is 0. The Morgan fingerprint density at radius 3 is 2.82 bits per heavy atom. The molecule has 7 nitrogen and oxygen atoms in total. The molecule has 0 atom stereocenters. The Balaban J connectivity index is 1.47. The highest BCUT2D eigenvalue weighted by atomic mass is 19.1. The number of anilines is 1. The van der Waals surface area contributed by atoms with Crippen LogP contribution in [0.2, 0.25) is 0 Å². The Morgan fingerprint density at radius 1 is 1.11 bits per heavy atom. The summed E-state index contributed by atoms with van der Waals surface area (Å²) in [6.45, 7) is 0.632. The Kier molecular flexibility index (Phi) is 4.92. The molecule has 0 aliphatic heterocycles. The first-order chi connectivity index (χ1) is 13.7. The van der Waals surface area contributed by atoms with Crippen molar-refractivity contribution in [1.82, 2.24) is 24.3 Å². The number of benzene rings is 1. The maximum Gasteiger partial charge on any atom is 0.259 e. The lowest BCUT2D eigenvalue weighted by molar-refractivity contribution is 0.102. The molecule has 28 heavy (non-hydrogen) atoms. The Bertz CT molecular complexity index is 1080. The lowest BCUT2D eigenvalue weighted by atomic mass is 10.1. The van der Waals surface area contributed by atoms with E-state index in [0.717, 1.165) is 12.1 Å². The molecule has 3 aromatic heterocycles. The predicted molar refractivity (Wildman–Crippen MR) is 102 cm³/mol. The van der Waals surface area contributed by atoms with Gasteiger partial charge in [-0.2, -0.15) is 5.10 Å². The van der Waals surface area contributed by atoms with E-state index in [1.54, 1.807) is 46.4 Å². The molecule has 0 saturated heterocycles. The normalized spacial score (nSPS) is 10.8. The predicted octanol–water partition coefficient (Wildman–Crippen LogP) is 3.10. The van der Waals surface area contributed by atoms with E-state index in [4.69, 9.17) is 0 Å². The maximum atomic E-state index is 13.7. The summed E-state index contributed by atoms with van der Waals surface area (Å²) in [6, 6.07) is 11.5. The highest BCUT2D eigenvalue weighted by Crippen LogP contribution is 2.18. The lowest BCUT2D eigenvalue weighted by Crippen LogP contribution is -2.16. The number of carbonyl (C=O) groups is 1. The van der Waals surface area contributed by atoms with Crippen LogP contribution in [-0.2, 0) is 13.0 Å². The molecule has 1 aromatic carbocycles. The van der Waals surface area contributed by atoms with Gasteiger partial charge in [0.15, 0.2) is 5.82 Å². The van der Waals surface area contributed by atoms with E-state index in [-0.39, 0.29) is 5.56 Å². The minimum atomic E-state index is -0.491. The minimum Gasteiger partial charge on any atom is -0.306 e. The minimum absolute atomic E-state index is 0.195. The SMILES string of the molecule is O=C(Nc1ccn(CCc2ccccn2)n1)c1cc(F)ccc1-n1ccnc1. The molecular weight excluding hydrogens is 359 g/mol. The number of amides is 1. The average molecular weight is 376 g/mol. The third kappa shape index (κ3) is 3.96. The van der Waals surface area contributed by atoms with Crippen molar-refractivity contribution in [1.29, 1.82) is 0 Å². The number of pyridine rings is 1. The number of aromatic nitrogens is 5. The molecular formula is C20H17FN6O. The van der Waals surface area contributed by atoms with E-state index >= 15 is 0 Å². The number of nitrogens with one attached hydrogen (secondary N) is 1. The van der Waals surface area contributed by atoms with Crippen LogP contribution in [0, 0.1) is 5.82 Å². The van der Waals surface area contributed by atoms with Gasteiger partial charge in [-0.05, 0) is 30.3 Å². The fourth-order valence-corrected chi connectivity index (χ4v) is 2.83. The maximum absolute atomic E-state index is 13.7. The second-order valence-corrected chi connectivity index (χ2v) is 6.12. The van der Waals surface area contributed by atoms with Crippen molar-refractivity contribution in [2.45, 2.75) is 13.0 Å². The summed E-state index contributed by atoms with van der Waals surface area (Å²) in [5.41, 5.74) is 1.69. The molecule has 8 heteroatoms. The zero-order valence-electron chi connectivity index (χ0n) is 14.9. The molecule has 0 aliphatic carbocycles. The van der Waals surface area contributed by atoms with Gasteiger partial charge < -0.3 is 9.88 Å². The van der Waals surface area contributed by atoms with Gasteiger partial charge in [0.2, 0.25) is 0 Å². The van der Waals surface area contributed by atoms with E-state index in [1.807, 2.05) is 18.2 Å². The zero-order valence-corrected chi connectivity index (χ0v) is 14.9. The van der Waals surface area contributed by atoms with Crippen molar-refractivity contribution in [2.75, 3.05) is 5.32 Å². The molecule has 3 heterocycles. The average Bonchev–Trinajstić information content (AvgIpc) is 3.39. The molecule has 4 aromatic rings. The Morgan fingerprint density at radius 2 is 2.04 bits per heavy atom. The van der Waals surface area contributed by atoms with Crippen LogP contribution in [0.15, 0.2) is 73.6 Å². The number of rotatable bonds is 6. The molecule has 0 saturated carbocycles. The molecule has 1 N–H and O–H groups in total. The summed E-state index contributed by atoms with van der Waals surface area (Å²) in [5.74, 6) is -0.542. The van der Waals surface area contributed by atoms with Gasteiger partial charge in [-0.25, -0.2) is 9.37 Å². The Labute approximate surface area is 160 Å². The monoisotopic (exact) mass is 376 g/mol. The largest absolute Gasteiger partial charge is 0.306 e. The van der Waals surface area contributed by atoms with Crippen LogP contribution < -0.4 is 5.32 Å². The van der Waals surface area contributed by atoms with Gasteiger partial charge in [0, 0.05) is 49.5 Å². The van der Waals surface area contributed by atoms with Crippen LogP contribution in [0.3, 0.4) is 0 Å². The number of halogens is 1. The van der Waals surface area contributed by atoms with Gasteiger partial charge in [0.25, 0.3) is 5.91 Å². The number of nitrogens with zero attached hydrogens (tertiary/aromatic N) is 5. The highest BCUT2D eigenvalue weighted by molar-refractivity contribution is 6.06. The number of aryl methyl sites for hydroxylation is 2. The van der Waals surface area contributed by atoms with Crippen LogP contribution in [0.5, 0.6) is 0 Å².